The molecule has 0 radical (unpaired) electrons. The van der Waals surface area contributed by atoms with Gasteiger partial charge >= 0.3 is 0 Å². The molecule has 0 spiro atoms. The predicted molar refractivity (Wildman–Crippen MR) is 106 cm³/mol. The Morgan fingerprint density at radius 3 is 2.22 bits per heavy atom. The van der Waals surface area contributed by atoms with Crippen LogP contribution in [0.4, 0.5) is 0 Å². The van der Waals surface area contributed by atoms with E-state index in [0.29, 0.717) is 0 Å². The fraction of sp³-hybridized carbons (Fsp3) is 0.652. The van der Waals surface area contributed by atoms with Gasteiger partial charge < -0.3 is 0 Å². The molecule has 0 aliphatic heterocycles. The van der Waals surface area contributed by atoms with Gasteiger partial charge in [-0.05, 0) is 66.1 Å². The van der Waals surface area contributed by atoms with Gasteiger partial charge in [0.15, 0.2) is 0 Å². The highest BCUT2D eigenvalue weighted by Gasteiger charge is 2.45. The van der Waals surface area contributed by atoms with E-state index in [-0.39, 0.29) is 0 Å². The molecule has 4 unspecified atom stereocenters. The highest BCUT2D eigenvalue weighted by molar-refractivity contribution is 5.49. The summed E-state index contributed by atoms with van der Waals surface area (Å²) >= 11 is 0. The van der Waals surface area contributed by atoms with Crippen LogP contribution in [0.3, 0.4) is 0 Å². The van der Waals surface area contributed by atoms with E-state index in [2.05, 4.69) is 32.2 Å². The Balaban J connectivity index is 0.000000615. The molecule has 0 nitrogen and oxygen atoms in total. The van der Waals surface area contributed by atoms with Gasteiger partial charge in [-0.15, -0.1) is 0 Å². The van der Waals surface area contributed by atoms with Crippen molar-refractivity contribution in [3.8, 4) is 0 Å². The first-order valence-electron chi connectivity index (χ1n) is 9.94. The summed E-state index contributed by atoms with van der Waals surface area (Å²) in [6.07, 6.45) is 14.7. The van der Waals surface area contributed by atoms with Gasteiger partial charge in [0.05, 0.1) is 0 Å². The Kier molecular flexibility index (Phi) is 8.66. The largest absolute Gasteiger partial charge is 0.0991 e. The molecule has 23 heavy (non-hydrogen) atoms. The second-order valence-electron chi connectivity index (χ2n) is 6.71. The zero-order valence-corrected chi connectivity index (χ0v) is 16.2. The summed E-state index contributed by atoms with van der Waals surface area (Å²) in [5.74, 6) is 3.36. The first kappa shape index (κ1) is 20.0. The minimum atomic E-state index is 0.810. The molecule has 3 aliphatic rings. The lowest BCUT2D eigenvalue weighted by molar-refractivity contribution is 0.208. The van der Waals surface area contributed by atoms with Crippen LogP contribution in [0.2, 0.25) is 0 Å². The van der Waals surface area contributed by atoms with Crippen LogP contribution in [-0.4, -0.2) is 0 Å². The number of rotatable bonds is 2. The van der Waals surface area contributed by atoms with Crippen LogP contribution in [0.15, 0.2) is 48.1 Å². The van der Waals surface area contributed by atoms with Crippen molar-refractivity contribution in [2.45, 2.75) is 73.1 Å². The zero-order chi connectivity index (χ0) is 17.4. The Bertz CT molecular complexity index is 449. The zero-order valence-electron chi connectivity index (χ0n) is 16.2. The Morgan fingerprint density at radius 1 is 0.957 bits per heavy atom. The molecule has 0 heteroatoms. The van der Waals surface area contributed by atoms with E-state index in [1.54, 1.807) is 16.7 Å². The van der Waals surface area contributed by atoms with Crippen LogP contribution >= 0.6 is 0 Å². The van der Waals surface area contributed by atoms with E-state index in [9.17, 15) is 0 Å². The average molecular weight is 315 g/mol. The van der Waals surface area contributed by atoms with Crippen LogP contribution in [-0.2, 0) is 0 Å². The van der Waals surface area contributed by atoms with Crippen LogP contribution in [0.5, 0.6) is 0 Å². The van der Waals surface area contributed by atoms with Gasteiger partial charge in [-0.25, -0.2) is 0 Å². The third-order valence-electron chi connectivity index (χ3n) is 5.53. The third kappa shape index (κ3) is 4.08. The van der Waals surface area contributed by atoms with Crippen molar-refractivity contribution in [1.82, 2.24) is 0 Å². The van der Waals surface area contributed by atoms with Gasteiger partial charge in [-0.1, -0.05) is 78.8 Å². The fourth-order valence-electron chi connectivity index (χ4n) is 4.93. The summed E-state index contributed by atoms with van der Waals surface area (Å²) in [6.45, 7) is 18.5. The lowest BCUT2D eigenvalue weighted by Gasteiger charge is -2.35. The summed E-state index contributed by atoms with van der Waals surface area (Å²) in [7, 11) is 0. The van der Waals surface area contributed by atoms with Crippen LogP contribution in [0.1, 0.15) is 73.1 Å². The quantitative estimate of drug-likeness (QED) is 0.495. The van der Waals surface area contributed by atoms with Crippen molar-refractivity contribution in [3.63, 3.8) is 0 Å². The van der Waals surface area contributed by atoms with Gasteiger partial charge in [-0.3, -0.25) is 0 Å². The minimum absolute atomic E-state index is 0.810. The van der Waals surface area contributed by atoms with Gasteiger partial charge in [-0.2, -0.15) is 0 Å². The number of allylic oxidation sites excluding steroid dienone is 6. The van der Waals surface area contributed by atoms with Crippen molar-refractivity contribution >= 4 is 0 Å². The molecule has 2 fully saturated rings. The van der Waals surface area contributed by atoms with E-state index in [1.807, 2.05) is 33.8 Å². The van der Waals surface area contributed by atoms with E-state index < -0.39 is 0 Å². The SMILES string of the molecule is C=C/C=C1/CC(C)CC2C1=C(C=C)C1CCCCC12.CC.CC. The smallest absolute Gasteiger partial charge is 0.0120 e. The van der Waals surface area contributed by atoms with E-state index in [1.165, 1.54) is 38.5 Å². The maximum Gasteiger partial charge on any atom is -0.0120 e. The van der Waals surface area contributed by atoms with Gasteiger partial charge in [0, 0.05) is 0 Å². The Hall–Kier alpha value is -1.04. The summed E-state index contributed by atoms with van der Waals surface area (Å²) in [5.41, 5.74) is 4.82. The van der Waals surface area contributed by atoms with Gasteiger partial charge in [0.1, 0.15) is 0 Å². The van der Waals surface area contributed by atoms with Gasteiger partial charge in [0.25, 0.3) is 0 Å². The highest BCUT2D eigenvalue weighted by Crippen LogP contribution is 2.56. The average Bonchev–Trinajstić information content (AvgIpc) is 2.92. The molecular weight excluding hydrogens is 276 g/mol. The van der Waals surface area contributed by atoms with Gasteiger partial charge in [0.2, 0.25) is 0 Å². The first-order chi connectivity index (χ1) is 11.3. The lowest BCUT2D eigenvalue weighted by atomic mass is 9.69. The molecule has 0 saturated heterocycles. The molecule has 0 aromatic heterocycles. The van der Waals surface area contributed by atoms with Crippen molar-refractivity contribution in [3.05, 3.63) is 48.1 Å². The molecule has 0 aromatic rings. The Morgan fingerprint density at radius 2 is 1.61 bits per heavy atom. The van der Waals surface area contributed by atoms with E-state index in [0.717, 1.165) is 23.7 Å². The molecule has 0 heterocycles. The summed E-state index contributed by atoms with van der Waals surface area (Å²) in [4.78, 5) is 0. The molecule has 4 atom stereocenters. The summed E-state index contributed by atoms with van der Waals surface area (Å²) in [5, 5.41) is 0. The summed E-state index contributed by atoms with van der Waals surface area (Å²) < 4.78 is 0. The number of hydrogen-bond acceptors (Lipinski definition) is 0. The molecule has 0 amide bonds. The van der Waals surface area contributed by atoms with E-state index >= 15 is 0 Å². The molecule has 3 rings (SSSR count). The molecule has 3 aliphatic carbocycles. The first-order valence-corrected chi connectivity index (χ1v) is 9.94. The fourth-order valence-corrected chi connectivity index (χ4v) is 4.93. The van der Waals surface area contributed by atoms with Crippen LogP contribution < -0.4 is 0 Å². The molecular formula is C23H38. The molecule has 0 aromatic carbocycles. The van der Waals surface area contributed by atoms with Crippen molar-refractivity contribution in [2.24, 2.45) is 23.7 Å². The normalized spacial score (nSPS) is 33.5. The van der Waals surface area contributed by atoms with E-state index in [4.69, 9.17) is 0 Å². The third-order valence-corrected chi connectivity index (χ3v) is 5.53. The minimum Gasteiger partial charge on any atom is -0.0991 e. The highest BCUT2D eigenvalue weighted by atomic mass is 14.5. The van der Waals surface area contributed by atoms with Crippen molar-refractivity contribution < 1.29 is 0 Å². The maximum absolute atomic E-state index is 4.13. The Labute approximate surface area is 145 Å². The molecule has 0 N–H and O–H groups in total. The second-order valence-corrected chi connectivity index (χ2v) is 6.71. The standard InChI is InChI=1S/C19H26.2C2H6/c1-4-8-14-11-13(3)12-18-17-10-7-6-9-16(17)15(5-2)19(14)18;2*1-2/h4-5,8,13,16-18H,1-2,6-7,9-12H2,3H3;2*1-2H3/b14-8-;;. The number of hydrogen-bond donors (Lipinski definition) is 0. The molecule has 130 valence electrons. The summed E-state index contributed by atoms with van der Waals surface area (Å²) in [6, 6.07) is 0. The predicted octanol–water partition coefficient (Wildman–Crippen LogP) is 7.50. The monoisotopic (exact) mass is 314 g/mol. The second kappa shape index (κ2) is 9.96. The maximum atomic E-state index is 4.13. The topological polar surface area (TPSA) is 0 Å². The lowest BCUT2D eigenvalue weighted by Crippen LogP contribution is -2.26. The molecule has 0 bridgehead atoms. The number of fused-ring (bicyclic) bond motifs is 3. The molecule has 2 saturated carbocycles. The van der Waals surface area contributed by atoms with Crippen molar-refractivity contribution in [1.29, 1.82) is 0 Å². The van der Waals surface area contributed by atoms with Crippen LogP contribution in [0.25, 0.3) is 0 Å². The van der Waals surface area contributed by atoms with Crippen molar-refractivity contribution in [2.75, 3.05) is 0 Å². The van der Waals surface area contributed by atoms with Crippen LogP contribution in [0, 0.1) is 23.7 Å².